The molecule has 0 amide bonds. The van der Waals surface area contributed by atoms with Crippen molar-refractivity contribution in [3.63, 3.8) is 0 Å². The van der Waals surface area contributed by atoms with E-state index in [9.17, 15) is 9.18 Å². The molecule has 0 aliphatic carbocycles. The van der Waals surface area contributed by atoms with Crippen LogP contribution in [-0.2, 0) is 17.8 Å². The van der Waals surface area contributed by atoms with E-state index in [2.05, 4.69) is 9.88 Å². The summed E-state index contributed by atoms with van der Waals surface area (Å²) in [5.41, 5.74) is 1.45. The molecule has 0 atom stereocenters. The van der Waals surface area contributed by atoms with Gasteiger partial charge >= 0.3 is 5.97 Å². The monoisotopic (exact) mass is 291 g/mol. The van der Waals surface area contributed by atoms with Crippen molar-refractivity contribution in [3.8, 4) is 0 Å². The summed E-state index contributed by atoms with van der Waals surface area (Å²) in [6.45, 7) is 2.61. The van der Waals surface area contributed by atoms with Gasteiger partial charge in [0.25, 0.3) is 0 Å². The molecule has 1 saturated heterocycles. The number of piperidine rings is 1. The SMILES string of the molecule is O=C(O)Cc1nc2c(F)cccn2c1CN1CCCCC1. The number of aromatic nitrogens is 2. The summed E-state index contributed by atoms with van der Waals surface area (Å²) in [7, 11) is 0. The Kier molecular flexibility index (Phi) is 3.88. The highest BCUT2D eigenvalue weighted by molar-refractivity contribution is 5.70. The van der Waals surface area contributed by atoms with Gasteiger partial charge in [-0.25, -0.2) is 9.37 Å². The minimum absolute atomic E-state index is 0.176. The fourth-order valence-electron chi connectivity index (χ4n) is 2.91. The predicted molar refractivity (Wildman–Crippen MR) is 75.6 cm³/mol. The van der Waals surface area contributed by atoms with Gasteiger partial charge in [-0.15, -0.1) is 0 Å². The van der Waals surface area contributed by atoms with Crippen molar-refractivity contribution in [1.82, 2.24) is 14.3 Å². The van der Waals surface area contributed by atoms with Crippen LogP contribution in [0.3, 0.4) is 0 Å². The van der Waals surface area contributed by atoms with Gasteiger partial charge in [0.15, 0.2) is 11.5 Å². The van der Waals surface area contributed by atoms with Crippen LogP contribution in [0.5, 0.6) is 0 Å². The Morgan fingerprint density at radius 3 is 2.81 bits per heavy atom. The number of carbonyl (C=O) groups is 1. The highest BCUT2D eigenvalue weighted by atomic mass is 19.1. The predicted octanol–water partition coefficient (Wildman–Crippen LogP) is 2.09. The molecule has 1 aliphatic heterocycles. The molecule has 1 aliphatic rings. The summed E-state index contributed by atoms with van der Waals surface area (Å²) in [4.78, 5) is 17.5. The molecule has 1 N–H and O–H groups in total. The Labute approximate surface area is 122 Å². The van der Waals surface area contributed by atoms with Crippen LogP contribution in [0.15, 0.2) is 18.3 Å². The molecule has 112 valence electrons. The number of carboxylic acids is 1. The molecule has 2 aromatic rings. The first kappa shape index (κ1) is 14.0. The van der Waals surface area contributed by atoms with E-state index in [0.717, 1.165) is 31.6 Å². The Morgan fingerprint density at radius 2 is 2.10 bits per heavy atom. The number of hydrogen-bond acceptors (Lipinski definition) is 3. The van der Waals surface area contributed by atoms with Crippen molar-refractivity contribution in [3.05, 3.63) is 35.5 Å². The van der Waals surface area contributed by atoms with Crippen LogP contribution in [0.25, 0.3) is 5.65 Å². The van der Waals surface area contributed by atoms with E-state index in [1.54, 1.807) is 16.7 Å². The van der Waals surface area contributed by atoms with E-state index >= 15 is 0 Å². The summed E-state index contributed by atoms with van der Waals surface area (Å²) < 4.78 is 15.5. The van der Waals surface area contributed by atoms with Gasteiger partial charge in [-0.05, 0) is 38.1 Å². The third-order valence-electron chi connectivity index (χ3n) is 3.92. The van der Waals surface area contributed by atoms with E-state index in [0.29, 0.717) is 12.2 Å². The molecule has 0 spiro atoms. The Hall–Kier alpha value is -1.95. The number of halogens is 1. The lowest BCUT2D eigenvalue weighted by atomic mass is 10.1. The second-order valence-electron chi connectivity index (χ2n) is 5.46. The van der Waals surface area contributed by atoms with Crippen LogP contribution in [-0.4, -0.2) is 38.4 Å². The lowest BCUT2D eigenvalue weighted by Crippen LogP contribution is -2.30. The number of nitrogens with zero attached hydrogens (tertiary/aromatic N) is 3. The number of carboxylic acid groups (broad SMARTS) is 1. The Morgan fingerprint density at radius 1 is 1.33 bits per heavy atom. The maximum atomic E-state index is 13.9. The zero-order chi connectivity index (χ0) is 14.8. The zero-order valence-corrected chi connectivity index (χ0v) is 11.8. The zero-order valence-electron chi connectivity index (χ0n) is 11.8. The van der Waals surface area contributed by atoms with Crippen molar-refractivity contribution in [1.29, 1.82) is 0 Å². The highest BCUT2D eigenvalue weighted by Gasteiger charge is 2.20. The van der Waals surface area contributed by atoms with Crippen molar-refractivity contribution >= 4 is 11.6 Å². The molecule has 3 heterocycles. The second kappa shape index (κ2) is 5.81. The summed E-state index contributed by atoms with van der Waals surface area (Å²) in [6, 6.07) is 2.96. The molecule has 2 aromatic heterocycles. The van der Waals surface area contributed by atoms with Crippen LogP contribution >= 0.6 is 0 Å². The van der Waals surface area contributed by atoms with Crippen molar-refractivity contribution in [2.45, 2.75) is 32.2 Å². The molecule has 0 aromatic carbocycles. The van der Waals surface area contributed by atoms with Gasteiger partial charge in [0.1, 0.15) is 0 Å². The maximum Gasteiger partial charge on any atom is 0.309 e. The van der Waals surface area contributed by atoms with Gasteiger partial charge in [-0.3, -0.25) is 9.69 Å². The Bertz CT molecular complexity index is 662. The van der Waals surface area contributed by atoms with Crippen LogP contribution in [0.2, 0.25) is 0 Å². The van der Waals surface area contributed by atoms with E-state index in [1.165, 1.54) is 12.5 Å². The quantitative estimate of drug-likeness (QED) is 0.937. The van der Waals surface area contributed by atoms with E-state index in [-0.39, 0.29) is 12.1 Å². The molecule has 6 heteroatoms. The second-order valence-corrected chi connectivity index (χ2v) is 5.46. The average molecular weight is 291 g/mol. The lowest BCUT2D eigenvalue weighted by molar-refractivity contribution is -0.136. The lowest BCUT2D eigenvalue weighted by Gasteiger charge is -2.26. The van der Waals surface area contributed by atoms with E-state index < -0.39 is 11.8 Å². The molecular formula is C15H18FN3O2. The number of likely N-dealkylation sites (tertiary alicyclic amines) is 1. The number of hydrogen-bond donors (Lipinski definition) is 1. The number of fused-ring (bicyclic) bond motifs is 1. The van der Waals surface area contributed by atoms with Crippen LogP contribution in [0.1, 0.15) is 30.7 Å². The smallest absolute Gasteiger partial charge is 0.309 e. The number of rotatable bonds is 4. The summed E-state index contributed by atoms with van der Waals surface area (Å²) in [5, 5.41) is 9.04. The van der Waals surface area contributed by atoms with Gasteiger partial charge in [-0.1, -0.05) is 6.42 Å². The fraction of sp³-hybridized carbons (Fsp3) is 0.467. The van der Waals surface area contributed by atoms with Crippen molar-refractivity contribution in [2.75, 3.05) is 13.1 Å². The molecule has 0 bridgehead atoms. The van der Waals surface area contributed by atoms with E-state index in [4.69, 9.17) is 5.11 Å². The molecule has 0 saturated carbocycles. The standard InChI is InChI=1S/C15H18FN3O2/c16-11-5-4-8-19-13(10-18-6-2-1-3-7-18)12(9-14(20)21)17-15(11)19/h4-5,8H,1-3,6-7,9-10H2,(H,20,21). The van der Waals surface area contributed by atoms with Gasteiger partial charge in [0, 0.05) is 12.7 Å². The first-order chi connectivity index (χ1) is 10.1. The molecule has 3 rings (SSSR count). The Balaban J connectivity index is 2.00. The molecule has 5 nitrogen and oxygen atoms in total. The van der Waals surface area contributed by atoms with Crippen LogP contribution < -0.4 is 0 Å². The van der Waals surface area contributed by atoms with Gasteiger partial charge < -0.3 is 9.51 Å². The molecule has 0 radical (unpaired) electrons. The normalized spacial score (nSPS) is 16.4. The minimum Gasteiger partial charge on any atom is -0.481 e. The first-order valence-electron chi connectivity index (χ1n) is 7.23. The average Bonchev–Trinajstić information content (AvgIpc) is 2.79. The summed E-state index contributed by atoms with van der Waals surface area (Å²) >= 11 is 0. The molecule has 1 fully saturated rings. The third-order valence-corrected chi connectivity index (χ3v) is 3.92. The maximum absolute atomic E-state index is 13.9. The summed E-state index contributed by atoms with van der Waals surface area (Å²) in [5.74, 6) is -1.37. The van der Waals surface area contributed by atoms with Gasteiger partial charge in [0.05, 0.1) is 17.8 Å². The van der Waals surface area contributed by atoms with Crippen LogP contribution in [0, 0.1) is 5.82 Å². The summed E-state index contributed by atoms with van der Waals surface area (Å²) in [6.07, 6.45) is 5.11. The first-order valence-corrected chi connectivity index (χ1v) is 7.23. The third kappa shape index (κ3) is 2.90. The highest BCUT2D eigenvalue weighted by Crippen LogP contribution is 2.20. The van der Waals surface area contributed by atoms with Gasteiger partial charge in [-0.2, -0.15) is 0 Å². The van der Waals surface area contributed by atoms with Crippen molar-refractivity contribution in [2.24, 2.45) is 0 Å². The van der Waals surface area contributed by atoms with Crippen molar-refractivity contribution < 1.29 is 14.3 Å². The number of imidazole rings is 1. The topological polar surface area (TPSA) is 57.8 Å². The molecule has 21 heavy (non-hydrogen) atoms. The molecule has 0 unspecified atom stereocenters. The van der Waals surface area contributed by atoms with Gasteiger partial charge in [0.2, 0.25) is 0 Å². The van der Waals surface area contributed by atoms with E-state index in [1.807, 2.05) is 0 Å². The fourth-order valence-corrected chi connectivity index (χ4v) is 2.91. The largest absolute Gasteiger partial charge is 0.481 e. The molecular weight excluding hydrogens is 273 g/mol. The minimum atomic E-state index is -0.946. The number of aliphatic carboxylic acids is 1. The van der Waals surface area contributed by atoms with Crippen LogP contribution in [0.4, 0.5) is 4.39 Å². The number of pyridine rings is 1.